The fraction of sp³-hybridized carbons (Fsp3) is 0.684. The monoisotopic (exact) mass is 321 g/mol. The number of nitrogens with zero attached hydrogens (tertiary/aromatic N) is 1. The van der Waals surface area contributed by atoms with Crippen LogP contribution < -0.4 is 4.74 Å². The molecule has 2 atom stereocenters. The van der Waals surface area contributed by atoms with Crippen LogP contribution in [0, 0.1) is 19.3 Å². The van der Waals surface area contributed by atoms with Crippen molar-refractivity contribution in [1.29, 1.82) is 0 Å². The summed E-state index contributed by atoms with van der Waals surface area (Å²) in [6, 6.07) is 6.12. The molecule has 2 N–H and O–H groups in total. The minimum Gasteiger partial charge on any atom is -0.492 e. The van der Waals surface area contributed by atoms with Crippen LogP contribution in [-0.2, 0) is 0 Å². The first kappa shape index (κ1) is 18.2. The Morgan fingerprint density at radius 1 is 1.35 bits per heavy atom. The van der Waals surface area contributed by atoms with Gasteiger partial charge in [-0.15, -0.1) is 0 Å². The zero-order valence-corrected chi connectivity index (χ0v) is 14.7. The van der Waals surface area contributed by atoms with Crippen LogP contribution in [0.1, 0.15) is 37.3 Å². The fourth-order valence-corrected chi connectivity index (χ4v) is 3.57. The number of aliphatic hydroxyl groups excluding tert-OH is 2. The van der Waals surface area contributed by atoms with E-state index in [2.05, 4.69) is 31.7 Å². The predicted octanol–water partition coefficient (Wildman–Crippen LogP) is 2.53. The standard InChI is InChI=1S/C19H31NO3/c1-4-9-19(14-21)13-20(10-8-18(19)22)11-12-23-17-7-5-6-15(2)16(17)3/h5-7,18,21-22H,4,8-14H2,1-3H3/t18-,19+/m1/s1. The van der Waals surface area contributed by atoms with Gasteiger partial charge in [0.25, 0.3) is 0 Å². The predicted molar refractivity (Wildman–Crippen MR) is 92.9 cm³/mol. The number of hydrogen-bond donors (Lipinski definition) is 2. The molecule has 0 aliphatic carbocycles. The van der Waals surface area contributed by atoms with Gasteiger partial charge in [-0.2, -0.15) is 0 Å². The van der Waals surface area contributed by atoms with Crippen LogP contribution in [0.5, 0.6) is 5.75 Å². The molecule has 1 saturated heterocycles. The van der Waals surface area contributed by atoms with E-state index in [9.17, 15) is 10.2 Å². The van der Waals surface area contributed by atoms with Gasteiger partial charge in [0.1, 0.15) is 12.4 Å². The first-order valence-electron chi connectivity index (χ1n) is 8.72. The SMILES string of the molecule is CCC[C@@]1(CO)CN(CCOc2cccc(C)c2C)CC[C@H]1O. The van der Waals surface area contributed by atoms with E-state index < -0.39 is 6.10 Å². The van der Waals surface area contributed by atoms with Crippen molar-refractivity contribution in [3.63, 3.8) is 0 Å². The molecule has 1 aromatic rings. The molecule has 0 amide bonds. The molecule has 0 aromatic heterocycles. The Hall–Kier alpha value is -1.10. The largest absolute Gasteiger partial charge is 0.492 e. The highest BCUT2D eigenvalue weighted by molar-refractivity contribution is 5.38. The quantitative estimate of drug-likeness (QED) is 0.810. The van der Waals surface area contributed by atoms with E-state index in [1.807, 2.05) is 12.1 Å². The highest BCUT2D eigenvalue weighted by atomic mass is 16.5. The second-order valence-electron chi connectivity index (χ2n) is 6.90. The Morgan fingerprint density at radius 3 is 2.83 bits per heavy atom. The van der Waals surface area contributed by atoms with Crippen LogP contribution in [0.15, 0.2) is 18.2 Å². The van der Waals surface area contributed by atoms with Crippen LogP contribution in [0.2, 0.25) is 0 Å². The molecule has 0 radical (unpaired) electrons. The Balaban J connectivity index is 1.89. The molecule has 1 aliphatic rings. The maximum atomic E-state index is 10.3. The topological polar surface area (TPSA) is 52.9 Å². The molecular formula is C19H31NO3. The van der Waals surface area contributed by atoms with Crippen LogP contribution in [0.25, 0.3) is 0 Å². The van der Waals surface area contributed by atoms with Crippen molar-refractivity contribution in [3.8, 4) is 5.75 Å². The van der Waals surface area contributed by atoms with E-state index in [0.29, 0.717) is 6.61 Å². The Labute approximate surface area is 140 Å². The average molecular weight is 321 g/mol. The van der Waals surface area contributed by atoms with Crippen molar-refractivity contribution in [3.05, 3.63) is 29.3 Å². The normalized spacial score (nSPS) is 25.5. The van der Waals surface area contributed by atoms with E-state index in [1.165, 1.54) is 11.1 Å². The fourth-order valence-electron chi connectivity index (χ4n) is 3.57. The lowest BCUT2D eigenvalue weighted by Gasteiger charge is -2.45. The van der Waals surface area contributed by atoms with Crippen molar-refractivity contribution in [2.45, 2.75) is 46.1 Å². The summed E-state index contributed by atoms with van der Waals surface area (Å²) in [5.74, 6) is 0.948. The number of aliphatic hydroxyl groups is 2. The first-order chi connectivity index (χ1) is 11.0. The van der Waals surface area contributed by atoms with E-state index in [-0.39, 0.29) is 12.0 Å². The number of aryl methyl sites for hydroxylation is 1. The van der Waals surface area contributed by atoms with Crippen LogP contribution in [-0.4, -0.2) is 54.1 Å². The van der Waals surface area contributed by atoms with Gasteiger partial charge in [-0.3, -0.25) is 4.90 Å². The van der Waals surface area contributed by atoms with Crippen molar-refractivity contribution < 1.29 is 14.9 Å². The molecule has 0 bridgehead atoms. The zero-order chi connectivity index (χ0) is 16.9. The lowest BCUT2D eigenvalue weighted by Crippen LogP contribution is -2.54. The van der Waals surface area contributed by atoms with Gasteiger partial charge in [-0.25, -0.2) is 0 Å². The summed E-state index contributed by atoms with van der Waals surface area (Å²) >= 11 is 0. The highest BCUT2D eigenvalue weighted by Crippen LogP contribution is 2.34. The number of hydrogen-bond acceptors (Lipinski definition) is 4. The van der Waals surface area contributed by atoms with Crippen molar-refractivity contribution in [2.75, 3.05) is 32.8 Å². The van der Waals surface area contributed by atoms with Gasteiger partial charge in [0, 0.05) is 25.0 Å². The third kappa shape index (κ3) is 4.25. The number of piperidine rings is 1. The molecule has 130 valence electrons. The zero-order valence-electron chi connectivity index (χ0n) is 14.7. The molecule has 1 heterocycles. The molecule has 1 aliphatic heterocycles. The van der Waals surface area contributed by atoms with Gasteiger partial charge in [0.2, 0.25) is 0 Å². The number of ether oxygens (including phenoxy) is 1. The van der Waals surface area contributed by atoms with E-state index in [0.717, 1.165) is 44.6 Å². The average Bonchev–Trinajstić information content (AvgIpc) is 2.54. The second-order valence-corrected chi connectivity index (χ2v) is 6.90. The molecule has 0 unspecified atom stereocenters. The lowest BCUT2D eigenvalue weighted by atomic mass is 9.74. The molecular weight excluding hydrogens is 290 g/mol. The van der Waals surface area contributed by atoms with E-state index in [1.54, 1.807) is 0 Å². The molecule has 1 aromatic carbocycles. The molecule has 2 rings (SSSR count). The van der Waals surface area contributed by atoms with E-state index in [4.69, 9.17) is 4.74 Å². The Kier molecular flexibility index (Phi) is 6.45. The maximum absolute atomic E-state index is 10.3. The van der Waals surface area contributed by atoms with Gasteiger partial charge < -0.3 is 14.9 Å². The number of likely N-dealkylation sites (tertiary alicyclic amines) is 1. The maximum Gasteiger partial charge on any atom is 0.122 e. The summed E-state index contributed by atoms with van der Waals surface area (Å²) in [4.78, 5) is 2.31. The summed E-state index contributed by atoms with van der Waals surface area (Å²) in [5, 5.41) is 20.1. The first-order valence-corrected chi connectivity index (χ1v) is 8.72. The van der Waals surface area contributed by atoms with Crippen LogP contribution >= 0.6 is 0 Å². The molecule has 4 heteroatoms. The van der Waals surface area contributed by atoms with E-state index >= 15 is 0 Å². The minimum atomic E-state index is -0.399. The van der Waals surface area contributed by atoms with Gasteiger partial charge >= 0.3 is 0 Å². The highest BCUT2D eigenvalue weighted by Gasteiger charge is 2.41. The molecule has 23 heavy (non-hydrogen) atoms. The van der Waals surface area contributed by atoms with Crippen molar-refractivity contribution in [2.24, 2.45) is 5.41 Å². The number of rotatable bonds is 7. The van der Waals surface area contributed by atoms with Crippen molar-refractivity contribution >= 4 is 0 Å². The Bertz CT molecular complexity index is 505. The lowest BCUT2D eigenvalue weighted by molar-refractivity contribution is -0.0814. The van der Waals surface area contributed by atoms with Crippen molar-refractivity contribution in [1.82, 2.24) is 4.90 Å². The molecule has 1 fully saturated rings. The third-order valence-corrected chi connectivity index (χ3v) is 5.25. The molecule has 0 spiro atoms. The van der Waals surface area contributed by atoms with Gasteiger partial charge in [0.15, 0.2) is 0 Å². The molecule has 0 saturated carbocycles. The third-order valence-electron chi connectivity index (χ3n) is 5.25. The van der Waals surface area contributed by atoms with Gasteiger partial charge in [-0.1, -0.05) is 25.5 Å². The summed E-state index contributed by atoms with van der Waals surface area (Å²) in [5.41, 5.74) is 2.06. The van der Waals surface area contributed by atoms with Gasteiger partial charge in [-0.05, 0) is 43.9 Å². The van der Waals surface area contributed by atoms with Crippen LogP contribution in [0.3, 0.4) is 0 Å². The van der Waals surface area contributed by atoms with Crippen LogP contribution in [0.4, 0.5) is 0 Å². The smallest absolute Gasteiger partial charge is 0.122 e. The summed E-state index contributed by atoms with van der Waals surface area (Å²) in [6.45, 7) is 9.40. The Morgan fingerprint density at radius 2 is 2.13 bits per heavy atom. The minimum absolute atomic E-state index is 0.0519. The summed E-state index contributed by atoms with van der Waals surface area (Å²) in [6.07, 6.45) is 2.16. The molecule has 4 nitrogen and oxygen atoms in total. The second kappa shape index (κ2) is 8.13. The summed E-state index contributed by atoms with van der Waals surface area (Å²) in [7, 11) is 0. The van der Waals surface area contributed by atoms with Gasteiger partial charge in [0.05, 0.1) is 12.7 Å². The summed E-state index contributed by atoms with van der Waals surface area (Å²) < 4.78 is 5.94. The number of benzene rings is 1.